The third kappa shape index (κ3) is 3.77. The summed E-state index contributed by atoms with van der Waals surface area (Å²) in [6.07, 6.45) is 5.04. The second-order valence-electron chi connectivity index (χ2n) is 6.14. The topological polar surface area (TPSA) is 58.4 Å². The first-order chi connectivity index (χ1) is 10.1. The Kier molecular flexibility index (Phi) is 4.50. The van der Waals surface area contributed by atoms with Gasteiger partial charge < -0.3 is 16.0 Å². The number of anilines is 1. The Labute approximate surface area is 134 Å². The second kappa shape index (κ2) is 6.36. The van der Waals surface area contributed by atoms with Gasteiger partial charge in [0, 0.05) is 29.3 Å². The van der Waals surface area contributed by atoms with E-state index in [2.05, 4.69) is 26.1 Å². The second-order valence-corrected chi connectivity index (χ2v) is 7.05. The molecular formula is C16H22BrN3O. The molecule has 114 valence electrons. The van der Waals surface area contributed by atoms with Crippen LogP contribution in [0.2, 0.25) is 0 Å². The molecule has 4 nitrogen and oxygen atoms in total. The molecule has 1 amide bonds. The molecule has 1 aliphatic carbocycles. The summed E-state index contributed by atoms with van der Waals surface area (Å²) in [4.78, 5) is 13.9. The summed E-state index contributed by atoms with van der Waals surface area (Å²) >= 11 is 3.40. The Morgan fingerprint density at radius 3 is 2.62 bits per heavy atom. The van der Waals surface area contributed by atoms with Gasteiger partial charge >= 0.3 is 0 Å². The van der Waals surface area contributed by atoms with E-state index in [4.69, 9.17) is 5.73 Å². The molecule has 5 heteroatoms. The first-order valence-corrected chi connectivity index (χ1v) is 8.50. The summed E-state index contributed by atoms with van der Waals surface area (Å²) < 4.78 is 0.890. The van der Waals surface area contributed by atoms with Gasteiger partial charge in [0.2, 0.25) is 0 Å². The summed E-state index contributed by atoms with van der Waals surface area (Å²) in [6, 6.07) is 6.39. The van der Waals surface area contributed by atoms with Crippen molar-refractivity contribution >= 4 is 27.5 Å². The average Bonchev–Trinajstić information content (AvgIpc) is 3.30. The zero-order valence-corrected chi connectivity index (χ0v) is 13.7. The summed E-state index contributed by atoms with van der Waals surface area (Å²) in [5.41, 5.74) is 7.08. The van der Waals surface area contributed by atoms with E-state index >= 15 is 0 Å². The maximum absolute atomic E-state index is 11.6. The fourth-order valence-corrected chi connectivity index (χ4v) is 3.32. The maximum atomic E-state index is 11.6. The van der Waals surface area contributed by atoms with Gasteiger partial charge in [-0.05, 0) is 56.3 Å². The highest BCUT2D eigenvalue weighted by Gasteiger charge is 2.25. The lowest BCUT2D eigenvalue weighted by atomic mass is 10.0. The predicted molar refractivity (Wildman–Crippen MR) is 88.6 cm³/mol. The zero-order valence-electron chi connectivity index (χ0n) is 12.1. The van der Waals surface area contributed by atoms with Crippen molar-refractivity contribution < 1.29 is 4.79 Å². The number of benzene rings is 1. The summed E-state index contributed by atoms with van der Waals surface area (Å²) in [7, 11) is 0. The minimum atomic E-state index is -0.361. The average molecular weight is 352 g/mol. The van der Waals surface area contributed by atoms with Crippen LogP contribution >= 0.6 is 15.9 Å². The molecule has 3 rings (SSSR count). The molecular weight excluding hydrogens is 330 g/mol. The van der Waals surface area contributed by atoms with Crippen molar-refractivity contribution in [1.82, 2.24) is 5.32 Å². The number of primary amides is 1. The van der Waals surface area contributed by atoms with E-state index in [0.717, 1.165) is 42.0 Å². The number of hydrogen-bond acceptors (Lipinski definition) is 3. The number of nitrogens with zero attached hydrogens (tertiary/aromatic N) is 1. The Morgan fingerprint density at radius 1 is 1.29 bits per heavy atom. The van der Waals surface area contributed by atoms with Gasteiger partial charge in [0.25, 0.3) is 5.91 Å². The van der Waals surface area contributed by atoms with Crippen molar-refractivity contribution in [2.24, 2.45) is 11.7 Å². The number of halogens is 1. The Balaban J connectivity index is 1.62. The van der Waals surface area contributed by atoms with Crippen molar-refractivity contribution in [3.63, 3.8) is 0 Å². The van der Waals surface area contributed by atoms with Crippen molar-refractivity contribution in [3.05, 3.63) is 28.2 Å². The highest BCUT2D eigenvalue weighted by atomic mass is 79.9. The largest absolute Gasteiger partial charge is 0.371 e. The Morgan fingerprint density at radius 2 is 2.00 bits per heavy atom. The van der Waals surface area contributed by atoms with Gasteiger partial charge in [0.1, 0.15) is 0 Å². The van der Waals surface area contributed by atoms with E-state index in [9.17, 15) is 4.79 Å². The van der Waals surface area contributed by atoms with E-state index in [0.29, 0.717) is 11.6 Å². The number of nitrogens with one attached hydrogen (secondary N) is 1. The fourth-order valence-electron chi connectivity index (χ4n) is 2.96. The molecule has 2 aliphatic rings. The minimum absolute atomic E-state index is 0.361. The van der Waals surface area contributed by atoms with E-state index in [-0.39, 0.29) is 5.91 Å². The number of carbonyl (C=O) groups excluding carboxylic acids is 1. The van der Waals surface area contributed by atoms with Gasteiger partial charge in [-0.1, -0.05) is 15.9 Å². The molecule has 1 saturated heterocycles. The van der Waals surface area contributed by atoms with E-state index < -0.39 is 0 Å². The van der Waals surface area contributed by atoms with Crippen LogP contribution in [0.3, 0.4) is 0 Å². The molecule has 0 unspecified atom stereocenters. The van der Waals surface area contributed by atoms with Crippen LogP contribution in [-0.2, 0) is 0 Å². The lowest BCUT2D eigenvalue weighted by Crippen LogP contribution is -2.43. The maximum Gasteiger partial charge on any atom is 0.250 e. The molecule has 1 saturated carbocycles. The molecule has 1 aromatic carbocycles. The van der Waals surface area contributed by atoms with Crippen LogP contribution in [0.5, 0.6) is 0 Å². The number of amides is 1. The monoisotopic (exact) mass is 351 g/mol. The molecule has 0 bridgehead atoms. The normalized spacial score (nSPS) is 19.8. The van der Waals surface area contributed by atoms with Crippen molar-refractivity contribution in [1.29, 1.82) is 0 Å². The number of nitrogens with two attached hydrogens (primary N) is 1. The van der Waals surface area contributed by atoms with Gasteiger partial charge in [-0.25, -0.2) is 0 Å². The first kappa shape index (κ1) is 14.9. The van der Waals surface area contributed by atoms with Crippen molar-refractivity contribution in [3.8, 4) is 0 Å². The van der Waals surface area contributed by atoms with E-state index in [1.54, 1.807) is 0 Å². The predicted octanol–water partition coefficient (Wildman–Crippen LogP) is 2.52. The van der Waals surface area contributed by atoms with E-state index in [1.165, 1.54) is 19.4 Å². The highest BCUT2D eigenvalue weighted by Crippen LogP contribution is 2.29. The minimum Gasteiger partial charge on any atom is -0.371 e. The first-order valence-electron chi connectivity index (χ1n) is 7.71. The van der Waals surface area contributed by atoms with Gasteiger partial charge in [0.05, 0.1) is 5.56 Å². The molecule has 21 heavy (non-hydrogen) atoms. The fraction of sp³-hybridized carbons (Fsp3) is 0.562. The standard InChI is InChI=1S/C16H22BrN3O/c17-12-3-4-15(14(9-12)16(18)21)20-7-5-13(6-8-20)19-10-11-1-2-11/h3-4,9,11,13,19H,1-2,5-8,10H2,(H2,18,21). The number of carbonyl (C=O) groups is 1. The Bertz CT molecular complexity index is 522. The molecule has 2 fully saturated rings. The molecule has 0 atom stereocenters. The molecule has 3 N–H and O–H groups in total. The third-order valence-corrected chi connectivity index (χ3v) is 4.95. The van der Waals surface area contributed by atoms with Gasteiger partial charge in [0.15, 0.2) is 0 Å². The summed E-state index contributed by atoms with van der Waals surface area (Å²) in [6.45, 7) is 3.13. The molecule has 1 aliphatic heterocycles. The lowest BCUT2D eigenvalue weighted by molar-refractivity contribution is 0.100. The van der Waals surface area contributed by atoms with Crippen LogP contribution in [-0.4, -0.2) is 31.6 Å². The SMILES string of the molecule is NC(=O)c1cc(Br)ccc1N1CCC(NCC2CC2)CC1. The van der Waals surface area contributed by atoms with Crippen molar-refractivity contribution in [2.45, 2.75) is 31.7 Å². The molecule has 1 aromatic rings. The van der Waals surface area contributed by atoms with Crippen molar-refractivity contribution in [2.75, 3.05) is 24.5 Å². The number of piperidine rings is 1. The highest BCUT2D eigenvalue weighted by molar-refractivity contribution is 9.10. The van der Waals surface area contributed by atoms with Crippen LogP contribution in [0.4, 0.5) is 5.69 Å². The molecule has 0 spiro atoms. The van der Waals surface area contributed by atoms with Gasteiger partial charge in [-0.3, -0.25) is 4.79 Å². The quantitative estimate of drug-likeness (QED) is 0.856. The third-order valence-electron chi connectivity index (χ3n) is 4.45. The summed E-state index contributed by atoms with van der Waals surface area (Å²) in [5, 5.41) is 3.68. The number of hydrogen-bond donors (Lipinski definition) is 2. The van der Waals surface area contributed by atoms with Crippen LogP contribution in [0.1, 0.15) is 36.0 Å². The van der Waals surface area contributed by atoms with E-state index in [1.807, 2.05) is 18.2 Å². The zero-order chi connectivity index (χ0) is 14.8. The summed E-state index contributed by atoms with van der Waals surface area (Å²) in [5.74, 6) is 0.566. The van der Waals surface area contributed by atoms with Crippen LogP contribution in [0, 0.1) is 5.92 Å². The van der Waals surface area contributed by atoms with Crippen LogP contribution in [0.15, 0.2) is 22.7 Å². The molecule has 1 heterocycles. The smallest absolute Gasteiger partial charge is 0.250 e. The lowest BCUT2D eigenvalue weighted by Gasteiger charge is -2.35. The van der Waals surface area contributed by atoms with Gasteiger partial charge in [-0.2, -0.15) is 0 Å². The van der Waals surface area contributed by atoms with Crippen LogP contribution in [0.25, 0.3) is 0 Å². The molecule has 0 radical (unpaired) electrons. The Hall–Kier alpha value is -1.07. The number of rotatable bonds is 5. The van der Waals surface area contributed by atoms with Gasteiger partial charge in [-0.15, -0.1) is 0 Å². The molecule has 0 aromatic heterocycles. The van der Waals surface area contributed by atoms with Crippen LogP contribution < -0.4 is 16.0 Å².